The van der Waals surface area contributed by atoms with Gasteiger partial charge in [0.2, 0.25) is 0 Å². The molecule has 0 atom stereocenters. The zero-order valence-electron chi connectivity index (χ0n) is 11.7. The van der Waals surface area contributed by atoms with Crippen LogP contribution in [0.3, 0.4) is 0 Å². The average molecular weight is 307 g/mol. The molecule has 0 fully saturated rings. The van der Waals surface area contributed by atoms with E-state index in [1.165, 1.54) is 19.2 Å². The Morgan fingerprint density at radius 3 is 2.68 bits per heavy atom. The first-order valence-electron chi connectivity index (χ1n) is 6.45. The Kier molecular flexibility index (Phi) is 4.52. The second-order valence-electron chi connectivity index (χ2n) is 4.48. The number of aliphatic hydroxyl groups excluding tert-OH is 1. The van der Waals surface area contributed by atoms with Gasteiger partial charge in [-0.05, 0) is 18.2 Å². The summed E-state index contributed by atoms with van der Waals surface area (Å²) in [7, 11) is 1.43. The van der Waals surface area contributed by atoms with Gasteiger partial charge in [-0.3, -0.25) is 19.3 Å². The van der Waals surface area contributed by atoms with Crippen molar-refractivity contribution in [1.82, 2.24) is 10.2 Å². The quantitative estimate of drug-likeness (QED) is 0.657. The summed E-state index contributed by atoms with van der Waals surface area (Å²) in [5, 5.41) is 13.7. The summed E-state index contributed by atoms with van der Waals surface area (Å²) in [6.07, 6.45) is 1.03. The molecule has 0 radical (unpaired) electrons. The molecule has 0 saturated carbocycles. The minimum Gasteiger partial charge on any atom is -0.395 e. The van der Waals surface area contributed by atoms with Crippen molar-refractivity contribution in [3.05, 3.63) is 41.4 Å². The molecule has 1 aromatic carbocycles. The molecule has 0 unspecified atom stereocenters. The van der Waals surface area contributed by atoms with Crippen LogP contribution in [0.2, 0.25) is 0 Å². The third kappa shape index (κ3) is 2.96. The van der Waals surface area contributed by atoms with Crippen molar-refractivity contribution in [2.45, 2.75) is 0 Å². The fraction of sp³-hybridized carbons (Fsp3) is 0.214. The average Bonchev–Trinajstić information content (AvgIpc) is 2.76. The van der Waals surface area contributed by atoms with Gasteiger partial charge in [0, 0.05) is 18.7 Å². The highest BCUT2D eigenvalue weighted by molar-refractivity contribution is 6.17. The van der Waals surface area contributed by atoms with Gasteiger partial charge in [0.15, 0.2) is 0 Å². The van der Waals surface area contributed by atoms with Gasteiger partial charge >= 0.3 is 0 Å². The predicted octanol–water partition coefficient (Wildman–Crippen LogP) is -0.158. The molecule has 22 heavy (non-hydrogen) atoms. The maximum Gasteiger partial charge on any atom is 0.277 e. The zero-order chi connectivity index (χ0) is 16.3. The highest BCUT2D eigenvalue weighted by Gasteiger charge is 2.31. The first kappa shape index (κ1) is 15.6. The van der Waals surface area contributed by atoms with Crippen LogP contribution < -0.4 is 10.6 Å². The van der Waals surface area contributed by atoms with Crippen LogP contribution in [0, 0.1) is 5.82 Å². The number of aliphatic hydroxyl groups is 1. The third-order valence-electron chi connectivity index (χ3n) is 3.06. The predicted molar refractivity (Wildman–Crippen MR) is 75.3 cm³/mol. The van der Waals surface area contributed by atoms with E-state index in [9.17, 15) is 18.8 Å². The molecule has 7 nitrogen and oxygen atoms in total. The molecule has 0 aromatic heterocycles. The lowest BCUT2D eigenvalue weighted by atomic mass is 10.2. The lowest BCUT2D eigenvalue weighted by Gasteiger charge is -2.13. The molecule has 3 amide bonds. The van der Waals surface area contributed by atoms with Gasteiger partial charge in [-0.1, -0.05) is 0 Å². The number of imide groups is 1. The topological polar surface area (TPSA) is 98.7 Å². The number of rotatable bonds is 5. The van der Waals surface area contributed by atoms with Gasteiger partial charge in [-0.15, -0.1) is 0 Å². The van der Waals surface area contributed by atoms with E-state index >= 15 is 0 Å². The highest BCUT2D eigenvalue weighted by Crippen LogP contribution is 2.21. The van der Waals surface area contributed by atoms with E-state index in [1.807, 2.05) is 0 Å². The van der Waals surface area contributed by atoms with Crippen LogP contribution >= 0.6 is 0 Å². The van der Waals surface area contributed by atoms with Crippen LogP contribution in [0.15, 0.2) is 30.0 Å². The van der Waals surface area contributed by atoms with Crippen molar-refractivity contribution in [3.63, 3.8) is 0 Å². The normalized spacial score (nSPS) is 14.1. The van der Waals surface area contributed by atoms with Gasteiger partial charge in [0.05, 0.1) is 18.8 Å². The Labute approximate surface area is 125 Å². The number of nitrogens with zero attached hydrogens (tertiary/aromatic N) is 1. The molecule has 0 spiro atoms. The zero-order valence-corrected chi connectivity index (χ0v) is 11.7. The number of carbonyl (C=O) groups excluding carboxylic acids is 3. The number of carbonyl (C=O) groups is 3. The molecule has 0 aliphatic carbocycles. The summed E-state index contributed by atoms with van der Waals surface area (Å²) in [6.45, 7) is -0.481. The van der Waals surface area contributed by atoms with Gasteiger partial charge in [-0.25, -0.2) is 4.39 Å². The molecule has 8 heteroatoms. The van der Waals surface area contributed by atoms with Crippen LogP contribution in [0.25, 0.3) is 0 Å². The molecule has 1 aliphatic rings. The molecule has 2 rings (SSSR count). The lowest BCUT2D eigenvalue weighted by molar-refractivity contribution is -0.137. The van der Waals surface area contributed by atoms with E-state index in [1.54, 1.807) is 0 Å². The van der Waals surface area contributed by atoms with E-state index in [-0.39, 0.29) is 30.1 Å². The summed E-state index contributed by atoms with van der Waals surface area (Å²) >= 11 is 0. The largest absolute Gasteiger partial charge is 0.395 e. The van der Waals surface area contributed by atoms with Gasteiger partial charge in [0.1, 0.15) is 11.5 Å². The number of amides is 3. The van der Waals surface area contributed by atoms with Gasteiger partial charge in [0.25, 0.3) is 17.7 Å². The maximum absolute atomic E-state index is 14.0. The van der Waals surface area contributed by atoms with E-state index in [0.717, 1.165) is 17.0 Å². The fourth-order valence-corrected chi connectivity index (χ4v) is 1.96. The molecular weight excluding hydrogens is 293 g/mol. The van der Waals surface area contributed by atoms with Gasteiger partial charge in [-0.2, -0.15) is 0 Å². The van der Waals surface area contributed by atoms with E-state index in [2.05, 4.69) is 10.6 Å². The maximum atomic E-state index is 14.0. The Bertz CT molecular complexity index is 672. The molecule has 1 aromatic rings. The van der Waals surface area contributed by atoms with Crippen molar-refractivity contribution in [2.24, 2.45) is 0 Å². The first-order valence-corrected chi connectivity index (χ1v) is 6.45. The third-order valence-corrected chi connectivity index (χ3v) is 3.06. The number of benzene rings is 1. The van der Waals surface area contributed by atoms with Crippen molar-refractivity contribution >= 4 is 23.4 Å². The van der Waals surface area contributed by atoms with Crippen LogP contribution in [0.5, 0.6) is 0 Å². The molecule has 1 aliphatic heterocycles. The number of nitrogens with one attached hydrogen (secondary N) is 2. The molecular formula is C14H14FN3O4. The Morgan fingerprint density at radius 2 is 2.09 bits per heavy atom. The van der Waals surface area contributed by atoms with Crippen LogP contribution in [0.4, 0.5) is 10.1 Å². The minimum absolute atomic E-state index is 0.0362. The second-order valence-corrected chi connectivity index (χ2v) is 4.48. The summed E-state index contributed by atoms with van der Waals surface area (Å²) in [6, 6.07) is 3.71. The monoisotopic (exact) mass is 307 g/mol. The van der Waals surface area contributed by atoms with E-state index in [0.29, 0.717) is 0 Å². The Morgan fingerprint density at radius 1 is 1.36 bits per heavy atom. The van der Waals surface area contributed by atoms with E-state index in [4.69, 9.17) is 5.11 Å². The minimum atomic E-state index is -0.733. The second kappa shape index (κ2) is 6.35. The smallest absolute Gasteiger partial charge is 0.277 e. The standard InChI is InChI=1S/C14H14FN3O4/c1-16-13(21)8-2-3-10(9(15)6-8)17-11-7-12(20)18(4-5-19)14(11)22/h2-3,6-7,17,19H,4-5H2,1H3,(H,16,21). The number of halogens is 1. The number of β-amino-alcohol motifs (C(OH)–C–C–N with tert-alkyl or cyclic N) is 1. The molecule has 1 heterocycles. The molecule has 0 bridgehead atoms. The summed E-state index contributed by atoms with van der Waals surface area (Å²) in [5.74, 6) is -2.40. The van der Waals surface area contributed by atoms with Crippen LogP contribution in [-0.2, 0) is 9.59 Å². The SMILES string of the molecule is CNC(=O)c1ccc(NC2=CC(=O)N(CCO)C2=O)c(F)c1. The highest BCUT2D eigenvalue weighted by atomic mass is 19.1. The lowest BCUT2D eigenvalue weighted by Crippen LogP contribution is -2.34. The first-order chi connectivity index (χ1) is 10.5. The van der Waals surface area contributed by atoms with Crippen molar-refractivity contribution in [3.8, 4) is 0 Å². The molecule has 0 saturated heterocycles. The van der Waals surface area contributed by atoms with Crippen molar-refractivity contribution in [2.75, 3.05) is 25.5 Å². The number of anilines is 1. The summed E-state index contributed by atoms with van der Waals surface area (Å²) in [4.78, 5) is 35.7. The summed E-state index contributed by atoms with van der Waals surface area (Å²) < 4.78 is 14.0. The Hall–Kier alpha value is -2.74. The van der Waals surface area contributed by atoms with Crippen molar-refractivity contribution < 1.29 is 23.9 Å². The van der Waals surface area contributed by atoms with Crippen LogP contribution in [-0.4, -0.2) is 47.9 Å². The van der Waals surface area contributed by atoms with Gasteiger partial charge < -0.3 is 15.7 Å². The fourth-order valence-electron chi connectivity index (χ4n) is 1.96. The number of hydrogen-bond acceptors (Lipinski definition) is 5. The Balaban J connectivity index is 2.18. The van der Waals surface area contributed by atoms with E-state index < -0.39 is 23.5 Å². The summed E-state index contributed by atoms with van der Waals surface area (Å²) in [5.41, 5.74) is 0.00575. The molecule has 116 valence electrons. The molecule has 3 N–H and O–H groups in total. The van der Waals surface area contributed by atoms with Crippen molar-refractivity contribution in [1.29, 1.82) is 0 Å². The number of hydrogen-bond donors (Lipinski definition) is 3. The van der Waals surface area contributed by atoms with Crippen LogP contribution in [0.1, 0.15) is 10.4 Å².